The number of amides is 2. The number of nitrogens with one attached hydrogen (secondary N) is 2. The Morgan fingerprint density at radius 2 is 1.96 bits per heavy atom. The van der Waals surface area contributed by atoms with Crippen LogP contribution in [0.15, 0.2) is 42.6 Å². The summed E-state index contributed by atoms with van der Waals surface area (Å²) in [6.07, 6.45) is 1.58. The molecule has 0 spiro atoms. The second-order valence-electron chi connectivity index (χ2n) is 5.42. The highest BCUT2D eigenvalue weighted by Gasteiger charge is 2.27. The molecule has 0 unspecified atom stereocenters. The highest BCUT2D eigenvalue weighted by Crippen LogP contribution is 2.27. The second kappa shape index (κ2) is 7.14. The molecule has 1 aliphatic rings. The van der Waals surface area contributed by atoms with Gasteiger partial charge in [-0.25, -0.2) is 0 Å². The fourth-order valence-electron chi connectivity index (χ4n) is 2.56. The van der Waals surface area contributed by atoms with E-state index in [1.165, 1.54) is 7.11 Å². The van der Waals surface area contributed by atoms with Gasteiger partial charge in [0.05, 0.1) is 12.7 Å². The molecule has 3 rings (SSSR count). The van der Waals surface area contributed by atoms with Gasteiger partial charge in [0, 0.05) is 27.4 Å². The lowest BCUT2D eigenvalue weighted by atomic mass is 9.95. The molecular formula is C18H15IN2O4. The summed E-state index contributed by atoms with van der Waals surface area (Å²) in [4.78, 5) is 24.1. The third-order valence-corrected chi connectivity index (χ3v) is 4.45. The molecule has 0 atom stereocenters. The minimum Gasteiger partial charge on any atom is -0.504 e. The number of phenols is 1. The van der Waals surface area contributed by atoms with Gasteiger partial charge in [-0.3, -0.25) is 14.9 Å². The van der Waals surface area contributed by atoms with Crippen LogP contribution in [0.3, 0.4) is 0 Å². The van der Waals surface area contributed by atoms with E-state index in [0.717, 1.165) is 9.13 Å². The summed E-state index contributed by atoms with van der Waals surface area (Å²) in [5.41, 5.74) is 2.29. The van der Waals surface area contributed by atoms with Crippen molar-refractivity contribution in [2.75, 3.05) is 7.11 Å². The number of fused-ring (bicyclic) bond motifs is 1. The molecule has 0 saturated heterocycles. The Labute approximate surface area is 158 Å². The predicted octanol–water partition coefficient (Wildman–Crippen LogP) is 2.41. The van der Waals surface area contributed by atoms with E-state index in [1.807, 2.05) is 12.1 Å². The fraction of sp³-hybridized carbons (Fsp3) is 0.111. The van der Waals surface area contributed by atoms with Crippen LogP contribution in [0.4, 0.5) is 0 Å². The highest BCUT2D eigenvalue weighted by atomic mass is 127. The normalized spacial score (nSPS) is 14.9. The van der Waals surface area contributed by atoms with Crippen molar-refractivity contribution in [2.24, 2.45) is 0 Å². The van der Waals surface area contributed by atoms with Crippen LogP contribution in [0, 0.1) is 3.57 Å². The quantitative estimate of drug-likeness (QED) is 0.379. The van der Waals surface area contributed by atoms with E-state index >= 15 is 0 Å². The van der Waals surface area contributed by atoms with E-state index in [9.17, 15) is 14.7 Å². The summed E-state index contributed by atoms with van der Waals surface area (Å²) in [5, 5.41) is 15.2. The number of aromatic hydroxyl groups is 1. The highest BCUT2D eigenvalue weighted by molar-refractivity contribution is 14.1. The van der Waals surface area contributed by atoms with Crippen molar-refractivity contribution in [1.82, 2.24) is 10.6 Å². The summed E-state index contributed by atoms with van der Waals surface area (Å²) in [7, 11) is 1.49. The number of hydrogen-bond donors (Lipinski definition) is 3. The standard InChI is InChI=1S/C18H15IN2O4/c1-25-16-5-2-10(6-15(16)22)8-20-9-14-13-7-11(19)3-4-12(13)17(23)21-18(14)24/h2-7,9,20,22H,8H2,1H3,(H,21,23,24). The zero-order valence-corrected chi connectivity index (χ0v) is 15.5. The van der Waals surface area contributed by atoms with Crippen LogP contribution in [0.2, 0.25) is 0 Å². The van der Waals surface area contributed by atoms with Crippen LogP contribution in [0.5, 0.6) is 11.5 Å². The minimum absolute atomic E-state index is 0.0513. The van der Waals surface area contributed by atoms with E-state index in [0.29, 0.717) is 29.0 Å². The van der Waals surface area contributed by atoms with Gasteiger partial charge in [0.2, 0.25) is 0 Å². The van der Waals surface area contributed by atoms with Crippen molar-refractivity contribution in [3.63, 3.8) is 0 Å². The van der Waals surface area contributed by atoms with Crippen LogP contribution in [0.25, 0.3) is 5.57 Å². The first kappa shape index (κ1) is 17.3. The van der Waals surface area contributed by atoms with Crippen molar-refractivity contribution in [1.29, 1.82) is 0 Å². The molecular weight excluding hydrogens is 435 g/mol. The van der Waals surface area contributed by atoms with E-state index in [-0.39, 0.29) is 5.75 Å². The van der Waals surface area contributed by atoms with E-state index in [2.05, 4.69) is 33.2 Å². The third kappa shape index (κ3) is 3.60. The number of imide groups is 1. The SMILES string of the molecule is COc1ccc(CNC=C2C(=O)NC(=O)c3ccc(I)cc32)cc1O. The summed E-state index contributed by atoms with van der Waals surface area (Å²) in [6, 6.07) is 10.4. The first-order valence-electron chi connectivity index (χ1n) is 7.44. The molecule has 25 heavy (non-hydrogen) atoms. The zero-order valence-electron chi connectivity index (χ0n) is 13.3. The molecule has 0 radical (unpaired) electrons. The Morgan fingerprint density at radius 1 is 1.16 bits per heavy atom. The Bertz CT molecular complexity index is 893. The molecule has 2 aromatic rings. The molecule has 3 N–H and O–H groups in total. The van der Waals surface area contributed by atoms with Gasteiger partial charge in [0.25, 0.3) is 11.8 Å². The third-order valence-electron chi connectivity index (χ3n) is 3.78. The largest absolute Gasteiger partial charge is 0.504 e. The molecule has 0 aromatic heterocycles. The lowest BCUT2D eigenvalue weighted by Gasteiger charge is -2.18. The van der Waals surface area contributed by atoms with Crippen LogP contribution in [0.1, 0.15) is 21.5 Å². The lowest BCUT2D eigenvalue weighted by molar-refractivity contribution is -0.114. The minimum atomic E-state index is -0.440. The Morgan fingerprint density at radius 3 is 2.68 bits per heavy atom. The van der Waals surface area contributed by atoms with Gasteiger partial charge in [0.15, 0.2) is 11.5 Å². The molecule has 0 saturated carbocycles. The first-order valence-corrected chi connectivity index (χ1v) is 8.52. The number of benzene rings is 2. The predicted molar refractivity (Wildman–Crippen MR) is 101 cm³/mol. The summed E-state index contributed by atoms with van der Waals surface area (Å²) < 4.78 is 5.94. The van der Waals surface area contributed by atoms with E-state index < -0.39 is 11.8 Å². The smallest absolute Gasteiger partial charge is 0.260 e. The average molecular weight is 450 g/mol. The first-order chi connectivity index (χ1) is 12.0. The number of methoxy groups -OCH3 is 1. The number of phenolic OH excluding ortho intramolecular Hbond substituents is 1. The van der Waals surface area contributed by atoms with Gasteiger partial charge in [0.1, 0.15) is 0 Å². The van der Waals surface area contributed by atoms with Crippen LogP contribution in [-0.4, -0.2) is 24.0 Å². The van der Waals surface area contributed by atoms with Gasteiger partial charge >= 0.3 is 0 Å². The second-order valence-corrected chi connectivity index (χ2v) is 6.66. The Balaban J connectivity index is 1.83. The van der Waals surface area contributed by atoms with Gasteiger partial charge in [-0.1, -0.05) is 6.07 Å². The fourth-order valence-corrected chi connectivity index (χ4v) is 3.05. The van der Waals surface area contributed by atoms with Crippen molar-refractivity contribution in [3.8, 4) is 11.5 Å². The number of rotatable bonds is 4. The molecule has 0 fully saturated rings. The summed E-state index contributed by atoms with van der Waals surface area (Å²) in [6.45, 7) is 0.404. The number of ether oxygens (including phenoxy) is 1. The summed E-state index contributed by atoms with van der Waals surface area (Å²) in [5.74, 6) is -0.385. The van der Waals surface area contributed by atoms with Crippen molar-refractivity contribution in [3.05, 3.63) is 62.9 Å². The zero-order chi connectivity index (χ0) is 18.0. The molecule has 2 aromatic carbocycles. The Hall–Kier alpha value is -2.55. The molecule has 2 amide bonds. The molecule has 0 bridgehead atoms. The number of carbonyl (C=O) groups is 2. The van der Waals surface area contributed by atoms with E-state index in [1.54, 1.807) is 30.5 Å². The van der Waals surface area contributed by atoms with Gasteiger partial charge in [-0.15, -0.1) is 0 Å². The van der Waals surface area contributed by atoms with Crippen LogP contribution < -0.4 is 15.4 Å². The maximum atomic E-state index is 12.2. The number of hydrogen-bond acceptors (Lipinski definition) is 5. The van der Waals surface area contributed by atoms with Gasteiger partial charge < -0.3 is 15.2 Å². The lowest BCUT2D eigenvalue weighted by Crippen LogP contribution is -2.37. The maximum Gasteiger partial charge on any atom is 0.260 e. The van der Waals surface area contributed by atoms with Crippen LogP contribution in [-0.2, 0) is 11.3 Å². The molecule has 1 heterocycles. The Kier molecular flexibility index (Phi) is 4.93. The van der Waals surface area contributed by atoms with Crippen molar-refractivity contribution in [2.45, 2.75) is 6.54 Å². The maximum absolute atomic E-state index is 12.2. The van der Waals surface area contributed by atoms with Gasteiger partial charge in [-0.2, -0.15) is 0 Å². The molecule has 7 heteroatoms. The monoisotopic (exact) mass is 450 g/mol. The van der Waals surface area contributed by atoms with Crippen LogP contribution >= 0.6 is 22.6 Å². The molecule has 0 aliphatic carbocycles. The van der Waals surface area contributed by atoms with Crippen molar-refractivity contribution >= 4 is 40.0 Å². The average Bonchev–Trinajstić information content (AvgIpc) is 2.57. The molecule has 1 aliphatic heterocycles. The summed E-state index contributed by atoms with van der Waals surface area (Å²) >= 11 is 2.14. The van der Waals surface area contributed by atoms with Crippen molar-refractivity contribution < 1.29 is 19.4 Å². The molecule has 6 nitrogen and oxygen atoms in total. The number of halogens is 1. The van der Waals surface area contributed by atoms with E-state index in [4.69, 9.17) is 4.74 Å². The number of carbonyl (C=O) groups excluding carboxylic acids is 2. The van der Waals surface area contributed by atoms with Gasteiger partial charge in [-0.05, 0) is 58.5 Å². The molecule has 128 valence electrons. The topological polar surface area (TPSA) is 87.7 Å².